The zero-order valence-electron chi connectivity index (χ0n) is 22.2. The second kappa shape index (κ2) is 13.0. The molecule has 204 valence electrons. The molecule has 8 atom stereocenters. The highest BCUT2D eigenvalue weighted by molar-refractivity contribution is 4.94. The first-order chi connectivity index (χ1) is 16.9. The number of ether oxygens (including phenoxy) is 1. The molecular weight excluding hydrogens is 452 g/mol. The summed E-state index contributed by atoms with van der Waals surface area (Å²) < 4.78 is 65.6. The van der Waals surface area contributed by atoms with E-state index < -0.39 is 30.8 Å². The summed E-state index contributed by atoms with van der Waals surface area (Å²) >= 11 is 0. The van der Waals surface area contributed by atoms with E-state index in [1.165, 1.54) is 19.3 Å². The molecule has 4 aliphatic carbocycles. The topological polar surface area (TPSA) is 9.23 Å². The third-order valence-corrected chi connectivity index (χ3v) is 10.7. The van der Waals surface area contributed by atoms with E-state index in [0.29, 0.717) is 24.9 Å². The lowest BCUT2D eigenvalue weighted by Crippen LogP contribution is -2.46. The van der Waals surface area contributed by atoms with Crippen molar-refractivity contribution in [3.63, 3.8) is 0 Å². The molecule has 0 heterocycles. The molecule has 0 aromatic heterocycles. The van der Waals surface area contributed by atoms with Crippen LogP contribution in [0.4, 0.5) is 17.6 Å². The normalized spacial score (nSPS) is 47.5. The molecule has 4 rings (SSSR count). The molecule has 0 aliphatic heterocycles. The summed E-state index contributed by atoms with van der Waals surface area (Å²) in [5.41, 5.74) is 0. The van der Waals surface area contributed by atoms with Crippen LogP contribution in [0.25, 0.3) is 0 Å². The number of hydrogen-bond acceptors (Lipinski definition) is 1. The van der Waals surface area contributed by atoms with Crippen LogP contribution >= 0.6 is 0 Å². The molecule has 4 aliphatic rings. The number of alkyl halides is 4. The standard InChI is InChI=1S/C30H50F4O/c1-3-5-23-14-15-24(28(32)27(23)31)22-12-8-20(9-13-22)18-35-26-17-16-25(29(33)30(26)34)21-10-6-19(4-2)7-11-21/h19-30H,3-18H2,1-2H3. The van der Waals surface area contributed by atoms with Crippen LogP contribution in [0.3, 0.4) is 0 Å². The Hall–Kier alpha value is -0.320. The lowest BCUT2D eigenvalue weighted by molar-refractivity contribution is -0.0985. The van der Waals surface area contributed by atoms with E-state index in [2.05, 4.69) is 6.92 Å². The Morgan fingerprint density at radius 2 is 1.11 bits per heavy atom. The van der Waals surface area contributed by atoms with Gasteiger partial charge in [-0.2, -0.15) is 0 Å². The van der Waals surface area contributed by atoms with E-state index in [-0.39, 0.29) is 23.7 Å². The highest BCUT2D eigenvalue weighted by Crippen LogP contribution is 2.46. The van der Waals surface area contributed by atoms with Gasteiger partial charge in [0.2, 0.25) is 0 Å². The molecule has 0 aromatic carbocycles. The summed E-state index contributed by atoms with van der Waals surface area (Å²) in [5.74, 6) is 1.29. The maximum Gasteiger partial charge on any atom is 0.157 e. The minimum Gasteiger partial charge on any atom is -0.375 e. The van der Waals surface area contributed by atoms with Gasteiger partial charge in [-0.15, -0.1) is 0 Å². The van der Waals surface area contributed by atoms with Gasteiger partial charge in [0, 0.05) is 6.61 Å². The fourth-order valence-electron chi connectivity index (χ4n) is 8.25. The fourth-order valence-corrected chi connectivity index (χ4v) is 8.25. The maximum atomic E-state index is 15.1. The quantitative estimate of drug-likeness (QED) is 0.301. The second-order valence-corrected chi connectivity index (χ2v) is 12.7. The lowest BCUT2D eigenvalue weighted by atomic mass is 9.67. The molecular formula is C30H50F4O. The molecule has 1 nitrogen and oxygen atoms in total. The van der Waals surface area contributed by atoms with Crippen LogP contribution in [-0.4, -0.2) is 37.4 Å². The molecule has 0 spiro atoms. The Bertz CT molecular complexity index is 615. The first-order valence-corrected chi connectivity index (χ1v) is 15.1. The van der Waals surface area contributed by atoms with Crippen molar-refractivity contribution in [3.05, 3.63) is 0 Å². The van der Waals surface area contributed by atoms with E-state index in [4.69, 9.17) is 4.74 Å². The Morgan fingerprint density at radius 1 is 0.571 bits per heavy atom. The smallest absolute Gasteiger partial charge is 0.157 e. The van der Waals surface area contributed by atoms with Crippen molar-refractivity contribution >= 4 is 0 Å². The van der Waals surface area contributed by atoms with E-state index in [1.54, 1.807) is 0 Å². The second-order valence-electron chi connectivity index (χ2n) is 12.7. The molecule has 0 amide bonds. The molecule has 35 heavy (non-hydrogen) atoms. The van der Waals surface area contributed by atoms with Crippen LogP contribution in [0.1, 0.15) is 110 Å². The molecule has 5 heteroatoms. The van der Waals surface area contributed by atoms with Crippen molar-refractivity contribution < 1.29 is 22.3 Å². The summed E-state index contributed by atoms with van der Waals surface area (Å²) in [5, 5.41) is 0. The van der Waals surface area contributed by atoms with Gasteiger partial charge in [-0.25, -0.2) is 17.6 Å². The van der Waals surface area contributed by atoms with Crippen molar-refractivity contribution in [2.24, 2.45) is 41.4 Å². The Kier molecular flexibility index (Phi) is 10.3. The lowest BCUT2D eigenvalue weighted by Gasteiger charge is -2.42. The van der Waals surface area contributed by atoms with Gasteiger partial charge in [0.25, 0.3) is 0 Å². The third kappa shape index (κ3) is 6.58. The first kappa shape index (κ1) is 27.7. The van der Waals surface area contributed by atoms with Gasteiger partial charge in [0.15, 0.2) is 6.17 Å². The maximum absolute atomic E-state index is 15.1. The SMILES string of the molecule is CCCC1CCC(C2CCC(COC3CCC(C4CCC(CC)CC4)C(F)C3F)CC2)C(F)C1F. The largest absolute Gasteiger partial charge is 0.375 e. The number of rotatable bonds is 8. The first-order valence-electron chi connectivity index (χ1n) is 15.1. The van der Waals surface area contributed by atoms with E-state index in [1.807, 2.05) is 6.92 Å². The Morgan fingerprint density at radius 3 is 1.69 bits per heavy atom. The average Bonchev–Trinajstić information content (AvgIpc) is 2.88. The van der Waals surface area contributed by atoms with Crippen LogP contribution in [0, 0.1) is 41.4 Å². The monoisotopic (exact) mass is 502 g/mol. The van der Waals surface area contributed by atoms with Crippen LogP contribution in [-0.2, 0) is 4.74 Å². The zero-order valence-corrected chi connectivity index (χ0v) is 22.2. The predicted molar refractivity (Wildman–Crippen MR) is 134 cm³/mol. The van der Waals surface area contributed by atoms with Crippen molar-refractivity contribution in [1.82, 2.24) is 0 Å². The van der Waals surface area contributed by atoms with E-state index in [9.17, 15) is 8.78 Å². The highest BCUT2D eigenvalue weighted by atomic mass is 19.2. The van der Waals surface area contributed by atoms with Gasteiger partial charge in [-0.3, -0.25) is 0 Å². The minimum atomic E-state index is -1.51. The summed E-state index contributed by atoms with van der Waals surface area (Å²) in [6, 6.07) is 0. The molecule has 8 unspecified atom stereocenters. The Labute approximate surface area is 211 Å². The minimum absolute atomic E-state index is 0.106. The van der Waals surface area contributed by atoms with Crippen LogP contribution in [0.5, 0.6) is 0 Å². The number of hydrogen-bond donors (Lipinski definition) is 0. The van der Waals surface area contributed by atoms with Gasteiger partial charge in [0.05, 0.1) is 6.10 Å². The van der Waals surface area contributed by atoms with Gasteiger partial charge in [-0.1, -0.05) is 39.5 Å². The zero-order chi connectivity index (χ0) is 24.9. The molecule has 0 bridgehead atoms. The summed E-state index contributed by atoms with van der Waals surface area (Å²) in [4.78, 5) is 0. The van der Waals surface area contributed by atoms with Gasteiger partial charge < -0.3 is 4.74 Å². The van der Waals surface area contributed by atoms with Crippen molar-refractivity contribution in [2.45, 2.75) is 141 Å². The Balaban J connectivity index is 1.18. The number of halogens is 4. The van der Waals surface area contributed by atoms with E-state index in [0.717, 1.165) is 76.5 Å². The van der Waals surface area contributed by atoms with Crippen LogP contribution in [0.15, 0.2) is 0 Å². The van der Waals surface area contributed by atoms with E-state index >= 15 is 8.78 Å². The molecule has 0 saturated heterocycles. The summed E-state index contributed by atoms with van der Waals surface area (Å²) in [6.45, 7) is 4.74. The highest BCUT2D eigenvalue weighted by Gasteiger charge is 2.46. The van der Waals surface area contributed by atoms with Crippen molar-refractivity contribution in [3.8, 4) is 0 Å². The molecule has 4 saturated carbocycles. The van der Waals surface area contributed by atoms with Gasteiger partial charge >= 0.3 is 0 Å². The summed E-state index contributed by atoms with van der Waals surface area (Å²) in [7, 11) is 0. The molecule has 0 aromatic rings. The van der Waals surface area contributed by atoms with Gasteiger partial charge in [-0.05, 0) is 112 Å². The van der Waals surface area contributed by atoms with Gasteiger partial charge in [0.1, 0.15) is 18.5 Å². The molecule has 0 radical (unpaired) electrons. The third-order valence-electron chi connectivity index (χ3n) is 10.7. The average molecular weight is 503 g/mol. The van der Waals surface area contributed by atoms with Crippen molar-refractivity contribution in [1.29, 1.82) is 0 Å². The fraction of sp³-hybridized carbons (Fsp3) is 1.00. The molecule has 0 N–H and O–H groups in total. The predicted octanol–water partition coefficient (Wildman–Crippen LogP) is 8.98. The van der Waals surface area contributed by atoms with Crippen LogP contribution < -0.4 is 0 Å². The van der Waals surface area contributed by atoms with Crippen LogP contribution in [0.2, 0.25) is 0 Å². The molecule has 4 fully saturated rings. The van der Waals surface area contributed by atoms with Crippen molar-refractivity contribution in [2.75, 3.05) is 6.61 Å². The summed E-state index contributed by atoms with van der Waals surface area (Å²) in [6.07, 6.45) is 7.82.